The van der Waals surface area contributed by atoms with Gasteiger partial charge in [-0.3, -0.25) is 0 Å². The molecule has 1 aromatic heterocycles. The summed E-state index contributed by atoms with van der Waals surface area (Å²) in [6.45, 7) is 8.10. The molecule has 1 aromatic rings. The van der Waals surface area contributed by atoms with E-state index in [1.54, 1.807) is 0 Å². The highest BCUT2D eigenvalue weighted by atomic mass is 14.7. The monoisotopic (exact) mass is 189 g/mol. The largest absolute Gasteiger partial charge is 0.361 e. The maximum atomic E-state index is 3.86. The summed E-state index contributed by atoms with van der Waals surface area (Å²) < 4.78 is 0. The fourth-order valence-electron chi connectivity index (χ4n) is 1.61. The van der Waals surface area contributed by atoms with Crippen LogP contribution in [-0.2, 0) is 6.42 Å². The zero-order valence-electron chi connectivity index (χ0n) is 9.14. The van der Waals surface area contributed by atoms with E-state index >= 15 is 0 Å². The van der Waals surface area contributed by atoms with Crippen LogP contribution < -0.4 is 0 Å². The van der Waals surface area contributed by atoms with Crippen molar-refractivity contribution in [2.75, 3.05) is 0 Å². The van der Waals surface area contributed by atoms with E-state index in [-0.39, 0.29) is 0 Å². The molecule has 0 unspecified atom stereocenters. The van der Waals surface area contributed by atoms with Gasteiger partial charge >= 0.3 is 0 Å². The Bertz CT molecular complexity index is 318. The average molecular weight is 189 g/mol. The lowest BCUT2D eigenvalue weighted by Crippen LogP contribution is -1.85. The highest BCUT2D eigenvalue weighted by Crippen LogP contribution is 2.19. The molecule has 0 saturated carbocycles. The molecule has 1 nitrogen and oxygen atoms in total. The smallest absolute Gasteiger partial charge is 0.0453 e. The van der Waals surface area contributed by atoms with Gasteiger partial charge < -0.3 is 4.98 Å². The molecule has 14 heavy (non-hydrogen) atoms. The minimum absolute atomic E-state index is 1.14. The van der Waals surface area contributed by atoms with Crippen molar-refractivity contribution in [3.63, 3.8) is 0 Å². The summed E-state index contributed by atoms with van der Waals surface area (Å²) in [4.78, 5) is 3.28. The molecule has 0 saturated heterocycles. The van der Waals surface area contributed by atoms with Gasteiger partial charge in [0.2, 0.25) is 0 Å². The Morgan fingerprint density at radius 2 is 2.29 bits per heavy atom. The number of hydrogen-bond donors (Lipinski definition) is 1. The van der Waals surface area contributed by atoms with E-state index in [0.717, 1.165) is 6.42 Å². The van der Waals surface area contributed by atoms with Crippen LogP contribution in [0.4, 0.5) is 0 Å². The Morgan fingerprint density at radius 3 is 2.86 bits per heavy atom. The first-order valence-corrected chi connectivity index (χ1v) is 5.28. The second-order valence-electron chi connectivity index (χ2n) is 3.45. The number of H-pyrrole nitrogens is 1. The zero-order valence-corrected chi connectivity index (χ0v) is 9.14. The number of allylic oxidation sites excluding steroid dienone is 1. The lowest BCUT2D eigenvalue weighted by atomic mass is 10.1. The number of unbranched alkanes of at least 4 members (excludes halogenated alkanes) is 1. The minimum atomic E-state index is 1.14. The highest BCUT2D eigenvalue weighted by Gasteiger charge is 2.04. The Morgan fingerprint density at radius 1 is 1.50 bits per heavy atom. The number of nitrogens with one attached hydrogen (secondary N) is 1. The summed E-state index contributed by atoms with van der Waals surface area (Å²) in [6.07, 6.45) is 11.8. The Kier molecular flexibility index (Phi) is 4.24. The molecule has 1 rings (SSSR count). The third kappa shape index (κ3) is 2.38. The summed E-state index contributed by atoms with van der Waals surface area (Å²) in [5.74, 6) is 0. The Hall–Kier alpha value is -1.24. The molecule has 0 aliphatic rings. The van der Waals surface area contributed by atoms with Crippen molar-refractivity contribution < 1.29 is 0 Å². The van der Waals surface area contributed by atoms with Crippen LogP contribution in [-0.4, -0.2) is 4.98 Å². The molecule has 1 N–H and O–H groups in total. The van der Waals surface area contributed by atoms with Crippen LogP contribution in [0.25, 0.3) is 12.2 Å². The molecule has 1 heteroatoms. The second kappa shape index (κ2) is 5.48. The zero-order chi connectivity index (χ0) is 10.4. The molecule has 76 valence electrons. The van der Waals surface area contributed by atoms with Gasteiger partial charge in [0, 0.05) is 17.5 Å². The van der Waals surface area contributed by atoms with E-state index in [1.165, 1.54) is 29.7 Å². The first-order valence-electron chi connectivity index (χ1n) is 5.28. The summed E-state index contributed by atoms with van der Waals surface area (Å²) >= 11 is 0. The number of aromatic amines is 1. The molecule has 0 spiro atoms. The van der Waals surface area contributed by atoms with E-state index in [4.69, 9.17) is 0 Å². The molecule has 0 atom stereocenters. The number of aromatic nitrogens is 1. The maximum Gasteiger partial charge on any atom is 0.0453 e. The third-order valence-corrected chi connectivity index (χ3v) is 2.38. The van der Waals surface area contributed by atoms with Gasteiger partial charge in [0.15, 0.2) is 0 Å². The molecule has 0 radical (unpaired) electrons. The molecule has 0 bridgehead atoms. The Balaban J connectivity index is 2.89. The van der Waals surface area contributed by atoms with Crippen molar-refractivity contribution in [3.8, 4) is 0 Å². The van der Waals surface area contributed by atoms with Gasteiger partial charge in [-0.2, -0.15) is 0 Å². The van der Waals surface area contributed by atoms with Crippen molar-refractivity contribution >= 4 is 12.2 Å². The van der Waals surface area contributed by atoms with Gasteiger partial charge in [0.25, 0.3) is 0 Å². The van der Waals surface area contributed by atoms with E-state index < -0.39 is 0 Å². The first kappa shape index (κ1) is 10.8. The predicted octanol–water partition coefficient (Wildman–Crippen LogP) is 4.03. The maximum absolute atomic E-state index is 3.86. The van der Waals surface area contributed by atoms with Crippen LogP contribution in [0.3, 0.4) is 0 Å². The van der Waals surface area contributed by atoms with Crippen molar-refractivity contribution in [3.05, 3.63) is 35.7 Å². The van der Waals surface area contributed by atoms with Gasteiger partial charge in [-0.05, 0) is 31.4 Å². The fourth-order valence-corrected chi connectivity index (χ4v) is 1.61. The third-order valence-electron chi connectivity index (χ3n) is 2.38. The highest BCUT2D eigenvalue weighted by molar-refractivity contribution is 5.64. The summed E-state index contributed by atoms with van der Waals surface area (Å²) in [7, 11) is 0. The van der Waals surface area contributed by atoms with Crippen LogP contribution in [0.1, 0.15) is 43.5 Å². The van der Waals surface area contributed by atoms with Crippen molar-refractivity contribution in [2.24, 2.45) is 0 Å². The second-order valence-corrected chi connectivity index (χ2v) is 3.45. The van der Waals surface area contributed by atoms with Crippen LogP contribution in [0.5, 0.6) is 0 Å². The fraction of sp³-hybridized carbons (Fsp3) is 0.385. The van der Waals surface area contributed by atoms with Crippen molar-refractivity contribution in [2.45, 2.75) is 33.1 Å². The number of hydrogen-bond acceptors (Lipinski definition) is 0. The van der Waals surface area contributed by atoms with Gasteiger partial charge in [-0.1, -0.05) is 32.1 Å². The van der Waals surface area contributed by atoms with E-state index in [0.29, 0.717) is 0 Å². The van der Waals surface area contributed by atoms with E-state index in [2.05, 4.69) is 30.8 Å². The van der Waals surface area contributed by atoms with E-state index in [9.17, 15) is 0 Å². The summed E-state index contributed by atoms with van der Waals surface area (Å²) in [6, 6.07) is 0. The molecule has 1 heterocycles. The Labute approximate surface area is 86.5 Å². The molecule has 0 fully saturated rings. The van der Waals surface area contributed by atoms with Crippen LogP contribution in [0.2, 0.25) is 0 Å². The number of aryl methyl sites for hydroxylation is 1. The first-order chi connectivity index (χ1) is 6.83. The molecule has 0 aliphatic heterocycles. The number of rotatable bonds is 5. The summed E-state index contributed by atoms with van der Waals surface area (Å²) in [5, 5.41) is 0. The van der Waals surface area contributed by atoms with E-state index in [1.807, 2.05) is 19.1 Å². The molecule has 0 aromatic carbocycles. The van der Waals surface area contributed by atoms with Gasteiger partial charge in [0.05, 0.1) is 0 Å². The van der Waals surface area contributed by atoms with Gasteiger partial charge in [0.1, 0.15) is 0 Å². The van der Waals surface area contributed by atoms with Crippen LogP contribution in [0, 0.1) is 0 Å². The summed E-state index contributed by atoms with van der Waals surface area (Å²) in [5.41, 5.74) is 3.82. The minimum Gasteiger partial charge on any atom is -0.361 e. The van der Waals surface area contributed by atoms with Crippen LogP contribution in [0.15, 0.2) is 18.9 Å². The predicted molar refractivity (Wildman–Crippen MR) is 64.2 cm³/mol. The standard InChI is InChI=1S/C13H19N/c1-4-7-9-11-10-14-13(8-5-2)12(11)6-3/h5-6,8,10,14H,3-4,7,9H2,1-2H3/b8-5-. The quantitative estimate of drug-likeness (QED) is 0.719. The van der Waals surface area contributed by atoms with Crippen molar-refractivity contribution in [1.82, 2.24) is 4.98 Å². The lowest BCUT2D eigenvalue weighted by molar-refractivity contribution is 0.795. The topological polar surface area (TPSA) is 15.8 Å². The molecule has 0 aliphatic carbocycles. The van der Waals surface area contributed by atoms with Gasteiger partial charge in [-0.25, -0.2) is 0 Å². The van der Waals surface area contributed by atoms with Crippen LogP contribution >= 0.6 is 0 Å². The normalized spacial score (nSPS) is 11.0. The molecular formula is C13H19N. The SMILES string of the molecule is C=Cc1c(CCCC)c[nH]c1/C=C\C. The lowest BCUT2D eigenvalue weighted by Gasteiger charge is -1.98. The molecule has 0 amide bonds. The van der Waals surface area contributed by atoms with Crippen molar-refractivity contribution in [1.29, 1.82) is 0 Å². The average Bonchev–Trinajstić information content (AvgIpc) is 2.58. The van der Waals surface area contributed by atoms with Gasteiger partial charge in [-0.15, -0.1) is 0 Å². The molecular weight excluding hydrogens is 170 g/mol.